The maximum atomic E-state index is 13.1. The summed E-state index contributed by atoms with van der Waals surface area (Å²) in [5.74, 6) is -0.0608. The van der Waals surface area contributed by atoms with Crippen molar-refractivity contribution in [2.24, 2.45) is 0 Å². The van der Waals surface area contributed by atoms with Gasteiger partial charge in [0.2, 0.25) is 5.91 Å². The van der Waals surface area contributed by atoms with E-state index < -0.39 is 0 Å². The van der Waals surface area contributed by atoms with Crippen LogP contribution < -0.4 is 5.32 Å². The Kier molecular flexibility index (Phi) is 7.79. The van der Waals surface area contributed by atoms with Gasteiger partial charge in [0.05, 0.1) is 30.5 Å². The summed E-state index contributed by atoms with van der Waals surface area (Å²) in [5.41, 5.74) is 5.93. The van der Waals surface area contributed by atoms with Gasteiger partial charge in [-0.1, -0.05) is 24.3 Å². The fraction of sp³-hybridized carbons (Fsp3) is 0.333. The van der Waals surface area contributed by atoms with Crippen molar-refractivity contribution in [1.29, 1.82) is 0 Å². The van der Waals surface area contributed by atoms with E-state index in [0.717, 1.165) is 46.8 Å². The molecule has 0 unspecified atom stereocenters. The molecule has 0 atom stereocenters. The molecule has 5 rings (SSSR count). The van der Waals surface area contributed by atoms with E-state index in [1.165, 1.54) is 25.9 Å². The lowest BCUT2D eigenvalue weighted by atomic mass is 10.0. The van der Waals surface area contributed by atoms with Crippen LogP contribution in [0.2, 0.25) is 0 Å². The zero-order valence-corrected chi connectivity index (χ0v) is 22.1. The topological polar surface area (TPSA) is 85.0 Å². The number of nitrogens with zero attached hydrogens (tertiary/aromatic N) is 5. The van der Waals surface area contributed by atoms with E-state index >= 15 is 0 Å². The Morgan fingerprint density at radius 3 is 2.58 bits per heavy atom. The van der Waals surface area contributed by atoms with Gasteiger partial charge in [-0.3, -0.25) is 14.3 Å². The number of carbonyl (C=O) groups excluding carboxylic acids is 2. The molecule has 1 amide bonds. The number of aryl methyl sites for hydroxylation is 2. The number of nitrogens with one attached hydrogen (secondary N) is 1. The lowest BCUT2D eigenvalue weighted by Gasteiger charge is -2.13. The molecule has 0 radical (unpaired) electrons. The van der Waals surface area contributed by atoms with Crippen LogP contribution in [0.15, 0.2) is 67.1 Å². The smallest absolute Gasteiger partial charge is 0.228 e. The molecular formula is C30H34N6O2. The SMILES string of the molecule is Cc1cccc(NC(=O)Cc2cnn(-c3cccc(C(=O)Cc4cn(CCN5CCCC5)nc4C)c3)c2)c1. The molecular weight excluding hydrogens is 476 g/mol. The lowest BCUT2D eigenvalue weighted by Crippen LogP contribution is -2.24. The normalized spacial score (nSPS) is 13.6. The highest BCUT2D eigenvalue weighted by molar-refractivity contribution is 5.98. The first kappa shape index (κ1) is 25.6. The summed E-state index contributed by atoms with van der Waals surface area (Å²) >= 11 is 0. The molecule has 196 valence electrons. The fourth-order valence-electron chi connectivity index (χ4n) is 4.90. The Balaban J connectivity index is 1.20. The lowest BCUT2D eigenvalue weighted by molar-refractivity contribution is -0.115. The monoisotopic (exact) mass is 510 g/mol. The number of rotatable bonds is 10. The highest BCUT2D eigenvalue weighted by Gasteiger charge is 2.15. The van der Waals surface area contributed by atoms with Gasteiger partial charge in [0.1, 0.15) is 0 Å². The Morgan fingerprint density at radius 2 is 1.76 bits per heavy atom. The number of amides is 1. The van der Waals surface area contributed by atoms with E-state index in [-0.39, 0.29) is 18.1 Å². The number of ketones is 1. The summed E-state index contributed by atoms with van der Waals surface area (Å²) in [7, 11) is 0. The van der Waals surface area contributed by atoms with Gasteiger partial charge in [-0.25, -0.2) is 4.68 Å². The molecule has 1 aliphatic rings. The van der Waals surface area contributed by atoms with Gasteiger partial charge in [-0.15, -0.1) is 0 Å². The third kappa shape index (κ3) is 6.44. The van der Waals surface area contributed by atoms with Crippen molar-refractivity contribution in [3.05, 3.63) is 95.1 Å². The van der Waals surface area contributed by atoms with Gasteiger partial charge in [0, 0.05) is 42.2 Å². The summed E-state index contributed by atoms with van der Waals surface area (Å²) in [4.78, 5) is 28.1. The van der Waals surface area contributed by atoms with Crippen molar-refractivity contribution in [3.8, 4) is 5.69 Å². The van der Waals surface area contributed by atoms with Crippen LogP contribution in [0.25, 0.3) is 5.69 Å². The Labute approximate surface area is 223 Å². The van der Waals surface area contributed by atoms with Crippen LogP contribution in [0, 0.1) is 13.8 Å². The zero-order valence-electron chi connectivity index (χ0n) is 22.1. The first-order valence-electron chi connectivity index (χ1n) is 13.2. The molecule has 1 N–H and O–H groups in total. The maximum Gasteiger partial charge on any atom is 0.228 e. The number of benzene rings is 2. The number of Topliss-reactive ketones (excluding diaryl/α,β-unsaturated/α-hetero) is 1. The van der Waals surface area contributed by atoms with E-state index in [9.17, 15) is 9.59 Å². The van der Waals surface area contributed by atoms with Gasteiger partial charge in [-0.05, 0) is 75.2 Å². The average Bonchev–Trinajstić information content (AvgIpc) is 3.65. The first-order chi connectivity index (χ1) is 18.4. The van der Waals surface area contributed by atoms with E-state index in [4.69, 9.17) is 0 Å². The molecule has 8 heteroatoms. The zero-order chi connectivity index (χ0) is 26.5. The first-order valence-corrected chi connectivity index (χ1v) is 13.2. The molecule has 4 aromatic rings. The van der Waals surface area contributed by atoms with Crippen LogP contribution in [-0.2, 0) is 24.2 Å². The molecule has 8 nitrogen and oxygen atoms in total. The van der Waals surface area contributed by atoms with Crippen molar-refractivity contribution in [1.82, 2.24) is 24.5 Å². The summed E-state index contributed by atoms with van der Waals surface area (Å²) in [6.07, 6.45) is 8.60. The Morgan fingerprint density at radius 1 is 0.947 bits per heavy atom. The van der Waals surface area contributed by atoms with Gasteiger partial charge < -0.3 is 10.2 Å². The molecule has 0 spiro atoms. The molecule has 38 heavy (non-hydrogen) atoms. The van der Waals surface area contributed by atoms with Gasteiger partial charge in [0.25, 0.3) is 0 Å². The molecule has 1 aliphatic heterocycles. The van der Waals surface area contributed by atoms with E-state index in [1.54, 1.807) is 10.9 Å². The molecule has 0 bridgehead atoms. The molecule has 1 fully saturated rings. The maximum absolute atomic E-state index is 13.1. The van der Waals surface area contributed by atoms with Gasteiger partial charge in [0.15, 0.2) is 5.78 Å². The second kappa shape index (κ2) is 11.6. The summed E-state index contributed by atoms with van der Waals surface area (Å²) < 4.78 is 3.67. The summed E-state index contributed by atoms with van der Waals surface area (Å²) in [5, 5.41) is 12.0. The van der Waals surface area contributed by atoms with E-state index in [2.05, 4.69) is 20.4 Å². The van der Waals surface area contributed by atoms with Gasteiger partial charge >= 0.3 is 0 Å². The number of likely N-dealkylation sites (tertiary alicyclic amines) is 1. The number of carbonyl (C=O) groups is 2. The minimum Gasteiger partial charge on any atom is -0.326 e. The van der Waals surface area contributed by atoms with Crippen molar-refractivity contribution in [2.75, 3.05) is 25.0 Å². The third-order valence-corrected chi connectivity index (χ3v) is 6.98. The highest BCUT2D eigenvalue weighted by Crippen LogP contribution is 2.17. The predicted octanol–water partition coefficient (Wildman–Crippen LogP) is 4.39. The summed E-state index contributed by atoms with van der Waals surface area (Å²) in [6, 6.07) is 15.2. The minimum atomic E-state index is -0.101. The Bertz CT molecular complexity index is 1430. The number of hydrogen-bond donors (Lipinski definition) is 1. The van der Waals surface area contributed by atoms with Crippen LogP contribution in [0.3, 0.4) is 0 Å². The van der Waals surface area contributed by atoms with Gasteiger partial charge in [-0.2, -0.15) is 10.2 Å². The van der Waals surface area contributed by atoms with Crippen molar-refractivity contribution >= 4 is 17.4 Å². The van der Waals surface area contributed by atoms with Crippen molar-refractivity contribution < 1.29 is 9.59 Å². The largest absolute Gasteiger partial charge is 0.326 e. The standard InChI is InChI=1S/C30H34N6O2/c1-22-7-5-9-27(15-22)32-30(38)16-24-19-31-36(20-24)28-10-6-8-25(17-28)29(37)18-26-21-35(33-23(26)2)14-13-34-11-3-4-12-34/h5-10,15,17,19-21H,3-4,11-14,16,18H2,1-2H3,(H,32,38). The fourth-order valence-corrected chi connectivity index (χ4v) is 4.90. The average molecular weight is 511 g/mol. The molecule has 3 heterocycles. The number of hydrogen-bond acceptors (Lipinski definition) is 5. The van der Waals surface area contributed by atoms with Crippen LogP contribution in [-0.4, -0.2) is 55.8 Å². The molecule has 2 aromatic heterocycles. The van der Waals surface area contributed by atoms with Crippen molar-refractivity contribution in [3.63, 3.8) is 0 Å². The van der Waals surface area contributed by atoms with Crippen LogP contribution in [0.1, 0.15) is 45.6 Å². The van der Waals surface area contributed by atoms with Crippen LogP contribution >= 0.6 is 0 Å². The molecule has 0 saturated carbocycles. The number of anilines is 1. The Hall–Kier alpha value is -4.04. The number of aromatic nitrogens is 4. The second-order valence-corrected chi connectivity index (χ2v) is 10.1. The van der Waals surface area contributed by atoms with Crippen molar-refractivity contribution in [2.45, 2.75) is 46.1 Å². The highest BCUT2D eigenvalue weighted by atomic mass is 16.1. The molecule has 2 aromatic carbocycles. The molecule has 1 saturated heterocycles. The molecule has 0 aliphatic carbocycles. The van der Waals surface area contributed by atoms with E-state index in [0.29, 0.717) is 12.0 Å². The second-order valence-electron chi connectivity index (χ2n) is 10.1. The third-order valence-electron chi connectivity index (χ3n) is 6.98. The van der Waals surface area contributed by atoms with Crippen LogP contribution in [0.4, 0.5) is 5.69 Å². The van der Waals surface area contributed by atoms with E-state index in [1.807, 2.05) is 79.5 Å². The minimum absolute atomic E-state index is 0.0407. The summed E-state index contributed by atoms with van der Waals surface area (Å²) in [6.45, 7) is 8.13. The quantitative estimate of drug-likeness (QED) is 0.320. The van der Waals surface area contributed by atoms with Crippen LogP contribution in [0.5, 0.6) is 0 Å². The predicted molar refractivity (Wildman–Crippen MR) is 148 cm³/mol.